The molecule has 1 unspecified atom stereocenters. The maximum absolute atomic E-state index is 13.7. The van der Waals surface area contributed by atoms with E-state index in [0.717, 1.165) is 33.8 Å². The summed E-state index contributed by atoms with van der Waals surface area (Å²) in [5.41, 5.74) is 1.83. The van der Waals surface area contributed by atoms with Gasteiger partial charge in [-0.1, -0.05) is 56.6 Å². The standard InChI is InChI=1S/C25H33ClFN3O4S/c1-6-23(25(32)28-14-17(2)3)29(15-19-10-8-7-9-18(19)4)24(31)16-30(35(5,33)34)20-11-12-22(27)21(26)13-20/h7-13,17,23H,6,14-16H2,1-5H3,(H,28,32). The number of amides is 2. The lowest BCUT2D eigenvalue weighted by atomic mass is 10.1. The Morgan fingerprint density at radius 2 is 1.80 bits per heavy atom. The van der Waals surface area contributed by atoms with Crippen molar-refractivity contribution >= 4 is 39.1 Å². The van der Waals surface area contributed by atoms with Gasteiger partial charge in [0.1, 0.15) is 18.4 Å². The smallest absolute Gasteiger partial charge is 0.244 e. The van der Waals surface area contributed by atoms with Crippen LogP contribution in [-0.2, 0) is 26.2 Å². The molecule has 2 amide bonds. The molecule has 2 aromatic carbocycles. The molecule has 0 bridgehead atoms. The first-order valence-corrected chi connectivity index (χ1v) is 13.6. The molecule has 0 saturated heterocycles. The highest BCUT2D eigenvalue weighted by Gasteiger charge is 2.32. The van der Waals surface area contributed by atoms with Crippen LogP contribution in [0, 0.1) is 18.7 Å². The minimum Gasteiger partial charge on any atom is -0.354 e. The number of carbonyl (C=O) groups is 2. The molecule has 0 heterocycles. The van der Waals surface area contributed by atoms with Crippen LogP contribution >= 0.6 is 11.6 Å². The minimum absolute atomic E-state index is 0.0559. The van der Waals surface area contributed by atoms with E-state index >= 15 is 0 Å². The Hall–Kier alpha value is -2.65. The maximum Gasteiger partial charge on any atom is 0.244 e. The van der Waals surface area contributed by atoms with Gasteiger partial charge in [0.25, 0.3) is 0 Å². The van der Waals surface area contributed by atoms with E-state index in [1.807, 2.05) is 45.0 Å². The normalized spacial score (nSPS) is 12.3. The van der Waals surface area contributed by atoms with Gasteiger partial charge in [0, 0.05) is 13.1 Å². The minimum atomic E-state index is -3.93. The van der Waals surface area contributed by atoms with E-state index in [4.69, 9.17) is 11.6 Å². The Morgan fingerprint density at radius 1 is 1.14 bits per heavy atom. The van der Waals surface area contributed by atoms with E-state index in [-0.39, 0.29) is 29.1 Å². The van der Waals surface area contributed by atoms with Gasteiger partial charge in [-0.3, -0.25) is 13.9 Å². The Bertz CT molecular complexity index is 1160. The molecule has 0 fully saturated rings. The molecule has 1 atom stereocenters. The SMILES string of the molecule is CCC(C(=O)NCC(C)C)N(Cc1ccccc1C)C(=O)CN(c1ccc(F)c(Cl)c1)S(C)(=O)=O. The van der Waals surface area contributed by atoms with Crippen molar-refractivity contribution in [1.82, 2.24) is 10.2 Å². The van der Waals surface area contributed by atoms with Gasteiger partial charge < -0.3 is 10.2 Å². The molecule has 192 valence electrons. The number of rotatable bonds is 11. The molecular formula is C25H33ClFN3O4S. The van der Waals surface area contributed by atoms with Crippen LogP contribution in [0.15, 0.2) is 42.5 Å². The summed E-state index contributed by atoms with van der Waals surface area (Å²) >= 11 is 5.86. The Kier molecular flexibility index (Phi) is 10.1. The van der Waals surface area contributed by atoms with Crippen LogP contribution in [0.4, 0.5) is 10.1 Å². The summed E-state index contributed by atoms with van der Waals surface area (Å²) in [5.74, 6) is -1.35. The van der Waals surface area contributed by atoms with E-state index in [2.05, 4.69) is 5.32 Å². The molecule has 0 aliphatic carbocycles. The number of nitrogens with zero attached hydrogens (tertiary/aromatic N) is 2. The van der Waals surface area contributed by atoms with Crippen molar-refractivity contribution in [1.29, 1.82) is 0 Å². The second-order valence-electron chi connectivity index (χ2n) is 8.88. The van der Waals surface area contributed by atoms with Crippen molar-refractivity contribution in [2.45, 2.75) is 46.7 Å². The fourth-order valence-corrected chi connectivity index (χ4v) is 4.58. The number of aryl methyl sites for hydroxylation is 1. The first kappa shape index (κ1) is 28.6. The third kappa shape index (κ3) is 7.93. The summed E-state index contributed by atoms with van der Waals surface area (Å²) in [5, 5.41) is 2.61. The fraction of sp³-hybridized carbons (Fsp3) is 0.440. The Balaban J connectivity index is 2.45. The number of hydrogen-bond acceptors (Lipinski definition) is 4. The summed E-state index contributed by atoms with van der Waals surface area (Å²) in [4.78, 5) is 28.1. The molecule has 0 saturated carbocycles. The molecule has 0 radical (unpaired) electrons. The number of anilines is 1. The van der Waals surface area contributed by atoms with Crippen LogP contribution in [0.5, 0.6) is 0 Å². The molecule has 35 heavy (non-hydrogen) atoms. The number of sulfonamides is 1. The van der Waals surface area contributed by atoms with Gasteiger partial charge in [0.2, 0.25) is 21.8 Å². The largest absolute Gasteiger partial charge is 0.354 e. The van der Waals surface area contributed by atoms with Gasteiger partial charge in [-0.05, 0) is 48.6 Å². The van der Waals surface area contributed by atoms with Crippen molar-refractivity contribution < 1.29 is 22.4 Å². The number of halogens is 2. The van der Waals surface area contributed by atoms with Crippen LogP contribution in [0.1, 0.15) is 38.3 Å². The second-order valence-corrected chi connectivity index (χ2v) is 11.2. The molecule has 0 spiro atoms. The van der Waals surface area contributed by atoms with Crippen LogP contribution < -0.4 is 9.62 Å². The number of hydrogen-bond donors (Lipinski definition) is 1. The first-order chi connectivity index (χ1) is 16.3. The summed E-state index contributed by atoms with van der Waals surface area (Å²) in [7, 11) is -3.93. The van der Waals surface area contributed by atoms with Gasteiger partial charge in [-0.2, -0.15) is 0 Å². The van der Waals surface area contributed by atoms with Crippen molar-refractivity contribution in [3.63, 3.8) is 0 Å². The summed E-state index contributed by atoms with van der Waals surface area (Å²) in [6.45, 7) is 7.64. The molecule has 0 aliphatic heterocycles. The van der Waals surface area contributed by atoms with E-state index in [0.29, 0.717) is 13.0 Å². The van der Waals surface area contributed by atoms with Gasteiger partial charge in [-0.15, -0.1) is 0 Å². The van der Waals surface area contributed by atoms with E-state index in [1.165, 1.54) is 11.0 Å². The zero-order valence-corrected chi connectivity index (χ0v) is 22.3. The maximum atomic E-state index is 13.7. The predicted molar refractivity (Wildman–Crippen MR) is 137 cm³/mol. The lowest BCUT2D eigenvalue weighted by Gasteiger charge is -2.33. The average Bonchev–Trinajstić information content (AvgIpc) is 2.78. The van der Waals surface area contributed by atoms with Crippen molar-refractivity contribution in [2.75, 3.05) is 23.7 Å². The molecular weight excluding hydrogens is 493 g/mol. The molecule has 10 heteroatoms. The van der Waals surface area contributed by atoms with E-state index in [1.54, 1.807) is 6.92 Å². The number of benzene rings is 2. The van der Waals surface area contributed by atoms with Crippen LogP contribution in [-0.4, -0.2) is 50.5 Å². The lowest BCUT2D eigenvalue weighted by molar-refractivity contribution is -0.140. The molecule has 2 aromatic rings. The monoisotopic (exact) mass is 525 g/mol. The molecule has 2 rings (SSSR count). The van der Waals surface area contributed by atoms with Crippen molar-refractivity contribution in [2.24, 2.45) is 5.92 Å². The zero-order valence-electron chi connectivity index (χ0n) is 20.7. The highest BCUT2D eigenvalue weighted by molar-refractivity contribution is 7.92. The quantitative estimate of drug-likeness (QED) is 0.478. The van der Waals surface area contributed by atoms with Crippen LogP contribution in [0.2, 0.25) is 5.02 Å². The number of nitrogens with one attached hydrogen (secondary N) is 1. The molecule has 7 nitrogen and oxygen atoms in total. The Labute approximate surface area is 212 Å². The third-order valence-electron chi connectivity index (χ3n) is 5.54. The number of carbonyl (C=O) groups excluding carboxylic acids is 2. The Morgan fingerprint density at radius 3 is 2.34 bits per heavy atom. The van der Waals surface area contributed by atoms with E-state index in [9.17, 15) is 22.4 Å². The average molecular weight is 526 g/mol. The first-order valence-electron chi connectivity index (χ1n) is 11.4. The summed E-state index contributed by atoms with van der Waals surface area (Å²) in [6.07, 6.45) is 1.29. The fourth-order valence-electron chi connectivity index (χ4n) is 3.57. The van der Waals surface area contributed by atoms with Crippen LogP contribution in [0.3, 0.4) is 0 Å². The zero-order chi connectivity index (χ0) is 26.3. The predicted octanol–water partition coefficient (Wildman–Crippen LogP) is 4.13. The molecule has 0 aliphatic rings. The van der Waals surface area contributed by atoms with Gasteiger partial charge in [0.05, 0.1) is 17.0 Å². The summed E-state index contributed by atoms with van der Waals surface area (Å²) < 4.78 is 39.7. The van der Waals surface area contributed by atoms with Gasteiger partial charge in [0.15, 0.2) is 0 Å². The van der Waals surface area contributed by atoms with Crippen LogP contribution in [0.25, 0.3) is 0 Å². The molecule has 0 aromatic heterocycles. The van der Waals surface area contributed by atoms with Crippen molar-refractivity contribution in [3.8, 4) is 0 Å². The molecule has 1 N–H and O–H groups in total. The second kappa shape index (κ2) is 12.4. The summed E-state index contributed by atoms with van der Waals surface area (Å²) in [6, 6.07) is 10.1. The van der Waals surface area contributed by atoms with E-state index < -0.39 is 34.3 Å². The lowest BCUT2D eigenvalue weighted by Crippen LogP contribution is -2.52. The highest BCUT2D eigenvalue weighted by Crippen LogP contribution is 2.25. The van der Waals surface area contributed by atoms with Gasteiger partial charge in [-0.25, -0.2) is 12.8 Å². The van der Waals surface area contributed by atoms with Gasteiger partial charge >= 0.3 is 0 Å². The van der Waals surface area contributed by atoms with Crippen molar-refractivity contribution in [3.05, 3.63) is 64.4 Å². The third-order valence-corrected chi connectivity index (χ3v) is 6.97. The topological polar surface area (TPSA) is 86.8 Å². The highest BCUT2D eigenvalue weighted by atomic mass is 35.5.